The number of hydrogen-bond donors (Lipinski definition) is 2. The van der Waals surface area contributed by atoms with Gasteiger partial charge in [-0.05, 0) is 26.3 Å². The van der Waals surface area contributed by atoms with Crippen LogP contribution in [0.25, 0.3) is 5.65 Å². The average Bonchev–Trinajstić information content (AvgIpc) is 3.17. The highest BCUT2D eigenvalue weighted by Crippen LogP contribution is 2.29. The summed E-state index contributed by atoms with van der Waals surface area (Å²) in [6, 6.07) is 3.58. The van der Waals surface area contributed by atoms with Crippen molar-refractivity contribution >= 4 is 5.65 Å². The van der Waals surface area contributed by atoms with Gasteiger partial charge in [0.15, 0.2) is 11.5 Å². The lowest BCUT2D eigenvalue weighted by atomic mass is 10.0. The van der Waals surface area contributed by atoms with Gasteiger partial charge >= 0.3 is 0 Å². The van der Waals surface area contributed by atoms with Gasteiger partial charge < -0.3 is 0 Å². The van der Waals surface area contributed by atoms with Gasteiger partial charge in [-0.15, -0.1) is 0 Å². The second kappa shape index (κ2) is 5.62. The molecule has 1 atom stereocenters. The van der Waals surface area contributed by atoms with Crippen LogP contribution in [0.5, 0.6) is 0 Å². The van der Waals surface area contributed by atoms with Crippen LogP contribution in [0.2, 0.25) is 0 Å². The minimum Gasteiger partial charge on any atom is -0.297 e. The summed E-state index contributed by atoms with van der Waals surface area (Å²) in [7, 11) is 0. The molecule has 0 saturated carbocycles. The number of aromatic amines is 2. The lowest BCUT2D eigenvalue weighted by molar-refractivity contribution is 0.132. The van der Waals surface area contributed by atoms with E-state index in [0.717, 1.165) is 36.7 Å². The molecule has 3 aromatic heterocycles. The minimum absolute atomic E-state index is 0.0858. The molecule has 4 rings (SSSR count). The Balaban J connectivity index is 1.63. The number of rotatable bonds is 3. The van der Waals surface area contributed by atoms with Gasteiger partial charge in [-0.3, -0.25) is 19.9 Å². The zero-order chi connectivity index (χ0) is 15.8. The molecular formula is C15H19N7O. The third kappa shape index (κ3) is 2.65. The third-order valence-corrected chi connectivity index (χ3v) is 4.33. The highest BCUT2D eigenvalue weighted by Gasteiger charge is 2.27. The monoisotopic (exact) mass is 313 g/mol. The fourth-order valence-corrected chi connectivity index (χ4v) is 3.25. The molecule has 23 heavy (non-hydrogen) atoms. The van der Waals surface area contributed by atoms with E-state index in [4.69, 9.17) is 0 Å². The molecule has 1 unspecified atom stereocenters. The molecule has 3 aromatic rings. The first-order chi connectivity index (χ1) is 11.2. The summed E-state index contributed by atoms with van der Waals surface area (Å²) in [6.07, 6.45) is 5.06. The van der Waals surface area contributed by atoms with E-state index in [1.807, 2.05) is 6.92 Å². The van der Waals surface area contributed by atoms with Crippen molar-refractivity contribution in [2.45, 2.75) is 38.8 Å². The first-order valence-electron chi connectivity index (χ1n) is 7.90. The maximum Gasteiger partial charge on any atom is 0.272 e. The summed E-state index contributed by atoms with van der Waals surface area (Å²) in [5, 5.41) is 10.1. The van der Waals surface area contributed by atoms with Crippen molar-refractivity contribution in [3.63, 3.8) is 0 Å². The van der Waals surface area contributed by atoms with Crippen LogP contribution >= 0.6 is 0 Å². The molecule has 0 aliphatic carbocycles. The zero-order valence-electron chi connectivity index (χ0n) is 13.0. The summed E-state index contributed by atoms with van der Waals surface area (Å²) in [5.41, 5.74) is 1.35. The second-order valence-electron chi connectivity index (χ2n) is 6.00. The van der Waals surface area contributed by atoms with E-state index in [0.29, 0.717) is 12.2 Å². The Hall–Kier alpha value is -2.48. The van der Waals surface area contributed by atoms with Gasteiger partial charge in [-0.2, -0.15) is 5.10 Å². The van der Waals surface area contributed by atoms with E-state index >= 15 is 0 Å². The molecule has 120 valence electrons. The molecule has 0 bridgehead atoms. The number of hydrogen-bond acceptors (Lipinski definition) is 5. The highest BCUT2D eigenvalue weighted by atomic mass is 16.1. The van der Waals surface area contributed by atoms with E-state index in [-0.39, 0.29) is 11.6 Å². The molecule has 2 N–H and O–H groups in total. The number of nitrogens with one attached hydrogen (secondary N) is 2. The van der Waals surface area contributed by atoms with Gasteiger partial charge in [-0.1, -0.05) is 6.42 Å². The number of piperidine rings is 1. The van der Waals surface area contributed by atoms with E-state index in [9.17, 15) is 4.79 Å². The molecule has 0 amide bonds. The van der Waals surface area contributed by atoms with Gasteiger partial charge in [0.05, 0.1) is 11.7 Å². The summed E-state index contributed by atoms with van der Waals surface area (Å²) in [6.45, 7) is 3.51. The molecule has 1 aliphatic heterocycles. The Kier molecular flexibility index (Phi) is 3.45. The van der Waals surface area contributed by atoms with Gasteiger partial charge in [-0.25, -0.2) is 14.5 Å². The van der Waals surface area contributed by atoms with Crippen LogP contribution in [0.15, 0.2) is 23.1 Å². The Bertz CT molecular complexity index is 877. The van der Waals surface area contributed by atoms with Crippen LogP contribution < -0.4 is 5.56 Å². The smallest absolute Gasteiger partial charge is 0.272 e. The van der Waals surface area contributed by atoms with Crippen LogP contribution in [-0.2, 0) is 6.54 Å². The van der Waals surface area contributed by atoms with Gasteiger partial charge in [0.25, 0.3) is 5.56 Å². The van der Waals surface area contributed by atoms with E-state index in [1.54, 1.807) is 18.3 Å². The summed E-state index contributed by atoms with van der Waals surface area (Å²) in [5.74, 6) is 1.66. The molecule has 8 heteroatoms. The van der Waals surface area contributed by atoms with Gasteiger partial charge in [0.1, 0.15) is 5.82 Å². The number of aromatic nitrogens is 6. The van der Waals surface area contributed by atoms with Crippen LogP contribution in [0.3, 0.4) is 0 Å². The predicted octanol–water partition coefficient (Wildman–Crippen LogP) is 1.18. The summed E-state index contributed by atoms with van der Waals surface area (Å²) < 4.78 is 1.44. The molecule has 1 aliphatic rings. The minimum atomic E-state index is -0.0858. The normalized spacial score (nSPS) is 19.4. The Morgan fingerprint density at radius 3 is 3.09 bits per heavy atom. The molecule has 0 radical (unpaired) electrons. The lowest BCUT2D eigenvalue weighted by Crippen LogP contribution is -2.34. The lowest BCUT2D eigenvalue weighted by Gasteiger charge is -2.33. The largest absolute Gasteiger partial charge is 0.297 e. The zero-order valence-corrected chi connectivity index (χ0v) is 13.0. The van der Waals surface area contributed by atoms with Crippen molar-refractivity contribution in [2.24, 2.45) is 0 Å². The van der Waals surface area contributed by atoms with Gasteiger partial charge in [0.2, 0.25) is 0 Å². The van der Waals surface area contributed by atoms with Crippen LogP contribution in [-0.4, -0.2) is 41.2 Å². The van der Waals surface area contributed by atoms with E-state index in [1.165, 1.54) is 10.9 Å². The number of aryl methyl sites for hydroxylation is 1. The van der Waals surface area contributed by atoms with Crippen molar-refractivity contribution in [2.75, 3.05) is 6.54 Å². The van der Waals surface area contributed by atoms with Crippen molar-refractivity contribution in [1.29, 1.82) is 0 Å². The fourth-order valence-electron chi connectivity index (χ4n) is 3.25. The van der Waals surface area contributed by atoms with Crippen LogP contribution in [0.1, 0.15) is 42.6 Å². The van der Waals surface area contributed by atoms with Crippen molar-refractivity contribution in [1.82, 2.24) is 34.7 Å². The molecule has 4 heterocycles. The number of nitrogens with zero attached hydrogens (tertiary/aromatic N) is 5. The first-order valence-corrected chi connectivity index (χ1v) is 7.90. The van der Waals surface area contributed by atoms with E-state index in [2.05, 4.69) is 30.2 Å². The summed E-state index contributed by atoms with van der Waals surface area (Å²) >= 11 is 0. The standard InChI is InChI=1S/C15H19N7O/c1-10-17-15(20-19-10)12-4-2-3-7-21(12)9-11-8-14(23)22-13(18-11)5-6-16-22/h5-6,8,12,16H,2-4,7,9H2,1H3,(H,17,19,20). The molecule has 1 fully saturated rings. The second-order valence-corrected chi connectivity index (χ2v) is 6.00. The molecule has 8 nitrogen and oxygen atoms in total. The maximum absolute atomic E-state index is 12.1. The SMILES string of the molecule is Cc1nc(C2CCCCN2Cc2cc(=O)n3[nH]ccc3n2)n[nH]1. The molecule has 1 saturated heterocycles. The average molecular weight is 313 g/mol. The number of likely N-dealkylation sites (tertiary alicyclic amines) is 1. The predicted molar refractivity (Wildman–Crippen MR) is 83.9 cm³/mol. The van der Waals surface area contributed by atoms with Crippen molar-refractivity contribution < 1.29 is 0 Å². The molecular weight excluding hydrogens is 294 g/mol. The summed E-state index contributed by atoms with van der Waals surface area (Å²) in [4.78, 5) is 23.5. The maximum atomic E-state index is 12.1. The Morgan fingerprint density at radius 1 is 1.35 bits per heavy atom. The quantitative estimate of drug-likeness (QED) is 0.757. The van der Waals surface area contributed by atoms with Crippen molar-refractivity contribution in [3.8, 4) is 0 Å². The van der Waals surface area contributed by atoms with E-state index < -0.39 is 0 Å². The highest BCUT2D eigenvalue weighted by molar-refractivity contribution is 5.36. The van der Waals surface area contributed by atoms with Crippen molar-refractivity contribution in [3.05, 3.63) is 46.0 Å². The first kappa shape index (κ1) is 14.1. The van der Waals surface area contributed by atoms with Crippen LogP contribution in [0, 0.1) is 6.92 Å². The third-order valence-electron chi connectivity index (χ3n) is 4.33. The Morgan fingerprint density at radius 2 is 2.26 bits per heavy atom. The van der Waals surface area contributed by atoms with Crippen LogP contribution in [0.4, 0.5) is 0 Å². The Labute approximate surface area is 132 Å². The topological polar surface area (TPSA) is 95.0 Å². The fraction of sp³-hybridized carbons (Fsp3) is 0.467. The van der Waals surface area contributed by atoms with Gasteiger partial charge in [0, 0.05) is 24.9 Å². The number of H-pyrrole nitrogens is 2. The molecule has 0 spiro atoms. The molecule has 0 aromatic carbocycles. The number of fused-ring (bicyclic) bond motifs is 1.